The predicted molar refractivity (Wildman–Crippen MR) is 256 cm³/mol. The molecule has 4 aromatic carbocycles. The van der Waals surface area contributed by atoms with E-state index in [2.05, 4.69) is 36.0 Å². The zero-order chi connectivity index (χ0) is 52.6. The van der Waals surface area contributed by atoms with Crippen LogP contribution in [0, 0.1) is 24.6 Å². The van der Waals surface area contributed by atoms with Gasteiger partial charge in [0.2, 0.25) is 29.0 Å². The van der Waals surface area contributed by atoms with Crippen molar-refractivity contribution in [2.45, 2.75) is 64.4 Å². The van der Waals surface area contributed by atoms with E-state index in [4.69, 9.17) is 14.2 Å². The summed E-state index contributed by atoms with van der Waals surface area (Å²) in [5, 5.41) is 10.7. The number of carbonyl (C=O) groups excluding carboxylic acids is 6. The number of ether oxygens (including phenoxy) is 4. The van der Waals surface area contributed by atoms with Crippen LogP contribution in [0.2, 0.25) is 0 Å². The molecule has 2 fully saturated rings. The zero-order valence-corrected chi connectivity index (χ0v) is 39.8. The molecule has 1 unspecified atom stereocenters. The molecular formula is C51H46F4N8O11. The average molecular weight is 1020 g/mol. The molecule has 2 aromatic heterocycles. The smallest absolute Gasteiger partial charge is 0.493 e. The number of rotatable bonds is 14. The standard InChI is InChI=1S/C51H46F4N8O11/c1-25-44(45(66)32-18-29(74-51(53,54)55)12-13-37(32)62(25)2)48(69)59-28-11-15-39(34(52)17-28)73-49-31-19-40(71-3)41(20-36(31)57-24-58-49)72-23-43(65)56-21-26-7-9-27(10-8-26)46(67)60-35-6-4-5-30-33(35)22-63(50(30)70)38-14-16-42(64)61-47(38)68/h4-6,11-13,15,17-20,24,26-27,38H,7-10,14,16,21-23H2,1-3H3,(H,56,65)(H,59,69)(H,60,67)(H,61,64,68). The Balaban J connectivity index is 0.770. The molecule has 1 aliphatic carbocycles. The van der Waals surface area contributed by atoms with Crippen LogP contribution in [0.15, 0.2) is 77.9 Å². The third kappa shape index (κ3) is 10.5. The maximum Gasteiger partial charge on any atom is 0.573 e. The number of nitrogens with one attached hydrogen (secondary N) is 4. The van der Waals surface area contributed by atoms with Gasteiger partial charge in [-0.05, 0) is 93.5 Å². The molecule has 0 radical (unpaired) electrons. The third-order valence-electron chi connectivity index (χ3n) is 13.4. The third-order valence-corrected chi connectivity index (χ3v) is 13.4. The summed E-state index contributed by atoms with van der Waals surface area (Å²) in [4.78, 5) is 101. The first kappa shape index (κ1) is 50.3. The fourth-order valence-corrected chi connectivity index (χ4v) is 9.47. The van der Waals surface area contributed by atoms with Crippen LogP contribution >= 0.6 is 0 Å². The maximum atomic E-state index is 15.6. The Morgan fingerprint density at radius 3 is 2.39 bits per heavy atom. The number of fused-ring (bicyclic) bond motifs is 3. The number of benzene rings is 4. The van der Waals surface area contributed by atoms with E-state index in [0.29, 0.717) is 54.6 Å². The summed E-state index contributed by atoms with van der Waals surface area (Å²) in [6.45, 7) is 1.59. The van der Waals surface area contributed by atoms with Gasteiger partial charge in [0.25, 0.3) is 17.7 Å². The summed E-state index contributed by atoms with van der Waals surface area (Å²) in [6.07, 6.45) is -0.975. The number of nitrogens with zero attached hydrogens (tertiary/aromatic N) is 4. The van der Waals surface area contributed by atoms with E-state index in [9.17, 15) is 46.7 Å². The maximum absolute atomic E-state index is 15.6. The normalized spacial score (nSPS) is 17.6. The van der Waals surface area contributed by atoms with Crippen molar-refractivity contribution in [2.24, 2.45) is 18.9 Å². The first-order valence-corrected chi connectivity index (χ1v) is 23.3. The molecule has 384 valence electrons. The molecule has 19 nitrogen and oxygen atoms in total. The molecule has 4 heterocycles. The lowest BCUT2D eigenvalue weighted by Gasteiger charge is -2.29. The number of halogens is 4. The number of pyridine rings is 1. The van der Waals surface area contributed by atoms with Crippen molar-refractivity contribution in [3.63, 3.8) is 0 Å². The van der Waals surface area contributed by atoms with Gasteiger partial charge in [-0.2, -0.15) is 0 Å². The first-order valence-electron chi connectivity index (χ1n) is 23.3. The van der Waals surface area contributed by atoms with E-state index in [1.54, 1.807) is 18.2 Å². The van der Waals surface area contributed by atoms with Gasteiger partial charge in [-0.25, -0.2) is 14.4 Å². The van der Waals surface area contributed by atoms with E-state index in [-0.39, 0.29) is 112 Å². The number of carbonyl (C=O) groups is 6. The van der Waals surface area contributed by atoms with Crippen LogP contribution in [0.1, 0.15) is 70.5 Å². The average Bonchev–Trinajstić information content (AvgIpc) is 3.71. The highest BCUT2D eigenvalue weighted by atomic mass is 19.4. The van der Waals surface area contributed by atoms with Crippen LogP contribution in [-0.4, -0.2) is 87.5 Å². The number of imide groups is 1. The summed E-state index contributed by atoms with van der Waals surface area (Å²) in [5.41, 5.74) is 0.947. The lowest BCUT2D eigenvalue weighted by atomic mass is 9.81. The highest BCUT2D eigenvalue weighted by molar-refractivity contribution is 6.08. The summed E-state index contributed by atoms with van der Waals surface area (Å²) in [6, 6.07) is 13.9. The fourth-order valence-electron chi connectivity index (χ4n) is 9.47. The molecule has 74 heavy (non-hydrogen) atoms. The molecular weight excluding hydrogens is 977 g/mol. The van der Waals surface area contributed by atoms with E-state index >= 15 is 4.39 Å². The molecule has 1 saturated heterocycles. The van der Waals surface area contributed by atoms with Gasteiger partial charge in [-0.3, -0.25) is 38.9 Å². The minimum Gasteiger partial charge on any atom is -0.493 e. The molecule has 1 saturated carbocycles. The van der Waals surface area contributed by atoms with Crippen molar-refractivity contribution < 1.29 is 65.3 Å². The zero-order valence-electron chi connectivity index (χ0n) is 39.8. The van der Waals surface area contributed by atoms with Crippen molar-refractivity contribution in [2.75, 3.05) is 30.9 Å². The second-order valence-corrected chi connectivity index (χ2v) is 18.0. The first-order chi connectivity index (χ1) is 35.3. The Morgan fingerprint density at radius 1 is 0.878 bits per heavy atom. The fraction of sp³-hybridized carbons (Fsp3) is 0.314. The molecule has 2 aliphatic heterocycles. The van der Waals surface area contributed by atoms with Gasteiger partial charge in [0, 0.05) is 72.8 Å². The SMILES string of the molecule is COc1cc2c(Oc3ccc(NC(=O)c4c(C)n(C)c5ccc(OC(F)(F)F)cc5c4=O)cc3F)ncnc2cc1OCC(=O)NCC1CCC(C(=O)Nc2cccc3c2CN(C2CCC(=O)NC2=O)C3=O)CC1. The van der Waals surface area contributed by atoms with Gasteiger partial charge in [0.1, 0.15) is 23.7 Å². The summed E-state index contributed by atoms with van der Waals surface area (Å²) in [5.74, 6) is -4.56. The van der Waals surface area contributed by atoms with Crippen LogP contribution in [0.5, 0.6) is 28.9 Å². The number of anilines is 2. The highest BCUT2D eigenvalue weighted by Gasteiger charge is 2.40. The van der Waals surface area contributed by atoms with Gasteiger partial charge >= 0.3 is 6.36 Å². The van der Waals surface area contributed by atoms with Crippen molar-refractivity contribution in [1.82, 2.24) is 30.1 Å². The van der Waals surface area contributed by atoms with Crippen molar-refractivity contribution in [3.05, 3.63) is 111 Å². The Labute approximate surface area is 417 Å². The molecule has 6 aromatic rings. The summed E-state index contributed by atoms with van der Waals surface area (Å²) in [7, 11) is 2.90. The molecule has 9 rings (SSSR count). The van der Waals surface area contributed by atoms with Crippen molar-refractivity contribution in [1.29, 1.82) is 0 Å². The lowest BCUT2D eigenvalue weighted by Crippen LogP contribution is -2.52. The van der Waals surface area contributed by atoms with E-state index in [1.165, 1.54) is 67.2 Å². The van der Waals surface area contributed by atoms with Crippen LogP contribution in [-0.2, 0) is 32.8 Å². The Bertz CT molecular complexity index is 3360. The van der Waals surface area contributed by atoms with Crippen LogP contribution in [0.25, 0.3) is 21.8 Å². The molecule has 4 N–H and O–H groups in total. The number of amides is 6. The topological polar surface area (TPSA) is 238 Å². The summed E-state index contributed by atoms with van der Waals surface area (Å²) >= 11 is 0. The number of methoxy groups -OCH3 is 1. The second-order valence-electron chi connectivity index (χ2n) is 18.0. The number of hydrogen-bond donors (Lipinski definition) is 4. The van der Waals surface area contributed by atoms with Crippen LogP contribution in [0.4, 0.5) is 28.9 Å². The molecule has 0 spiro atoms. The molecule has 3 aliphatic rings. The minimum atomic E-state index is -5.01. The quantitative estimate of drug-likeness (QED) is 0.0667. The number of aromatic nitrogens is 3. The van der Waals surface area contributed by atoms with Gasteiger partial charge in [0.05, 0.1) is 28.9 Å². The molecule has 0 bridgehead atoms. The Morgan fingerprint density at radius 2 is 1.66 bits per heavy atom. The highest BCUT2D eigenvalue weighted by Crippen LogP contribution is 2.38. The van der Waals surface area contributed by atoms with Gasteiger partial charge in [-0.15, -0.1) is 13.2 Å². The van der Waals surface area contributed by atoms with Gasteiger partial charge in [-0.1, -0.05) is 6.07 Å². The van der Waals surface area contributed by atoms with Crippen molar-refractivity contribution in [3.8, 4) is 28.9 Å². The largest absolute Gasteiger partial charge is 0.573 e. The van der Waals surface area contributed by atoms with E-state index in [0.717, 1.165) is 18.2 Å². The van der Waals surface area contributed by atoms with Gasteiger partial charge in [0.15, 0.2) is 29.7 Å². The Hall–Kier alpha value is -8.63. The van der Waals surface area contributed by atoms with Gasteiger partial charge < -0.3 is 44.4 Å². The van der Waals surface area contributed by atoms with Crippen LogP contribution < -0.4 is 45.6 Å². The molecule has 23 heteroatoms. The lowest BCUT2D eigenvalue weighted by molar-refractivity contribution is -0.274. The van der Waals surface area contributed by atoms with Crippen LogP contribution in [0.3, 0.4) is 0 Å². The van der Waals surface area contributed by atoms with E-state index < -0.39 is 47.1 Å². The number of piperidine rings is 1. The number of aryl methyl sites for hydroxylation is 1. The second kappa shape index (κ2) is 20.5. The molecule has 6 amide bonds. The minimum absolute atomic E-state index is 0.0693. The monoisotopic (exact) mass is 1020 g/mol. The predicted octanol–water partition coefficient (Wildman–Crippen LogP) is 6.58. The van der Waals surface area contributed by atoms with E-state index in [1.807, 2.05) is 0 Å². The number of alkyl halides is 3. The summed E-state index contributed by atoms with van der Waals surface area (Å²) < 4.78 is 76.9. The van der Waals surface area contributed by atoms with Crippen molar-refractivity contribution >= 4 is 68.6 Å². The Kier molecular flexibility index (Phi) is 13.9. The molecule has 1 atom stereocenters. The number of hydrogen-bond acceptors (Lipinski definition) is 13.